The molecule has 0 fully saturated rings. The predicted molar refractivity (Wildman–Crippen MR) is 61.4 cm³/mol. The van der Waals surface area contributed by atoms with E-state index in [1.165, 1.54) is 19.4 Å². The van der Waals surface area contributed by atoms with Crippen LogP contribution in [-0.2, 0) is 0 Å². The molecule has 1 heterocycles. The SMILES string of the molecule is CC(C)CCC[N+]1=CC[N+](C)(C)C=C1. The molecule has 1 aliphatic heterocycles. The number of rotatable bonds is 4. The zero-order valence-corrected chi connectivity index (χ0v) is 10.0. The Morgan fingerprint density at radius 3 is 2.57 bits per heavy atom. The van der Waals surface area contributed by atoms with Gasteiger partial charge in [0, 0.05) is 6.42 Å². The highest BCUT2D eigenvalue weighted by molar-refractivity contribution is 5.53. The zero-order chi connectivity index (χ0) is 10.6. The number of quaternary nitrogens is 1. The Bertz CT molecular complexity index is 237. The first kappa shape index (κ1) is 11.4. The third-order valence-corrected chi connectivity index (χ3v) is 2.65. The van der Waals surface area contributed by atoms with Crippen molar-refractivity contribution in [2.24, 2.45) is 5.92 Å². The van der Waals surface area contributed by atoms with Crippen molar-refractivity contribution in [2.75, 3.05) is 27.2 Å². The fourth-order valence-corrected chi connectivity index (χ4v) is 1.55. The summed E-state index contributed by atoms with van der Waals surface area (Å²) in [5.74, 6) is 0.830. The standard InChI is InChI=1S/C12H24N2/c1-12(2)6-5-7-13-8-10-14(3,4)11-9-13/h8-10,12H,5-7,11H2,1-4H3/q+2. The second kappa shape index (κ2) is 4.74. The van der Waals surface area contributed by atoms with E-state index in [4.69, 9.17) is 0 Å². The van der Waals surface area contributed by atoms with E-state index >= 15 is 0 Å². The Hall–Kier alpha value is -0.630. The first-order valence-electron chi connectivity index (χ1n) is 5.61. The van der Waals surface area contributed by atoms with Gasteiger partial charge in [-0.1, -0.05) is 13.8 Å². The molecule has 2 nitrogen and oxygen atoms in total. The lowest BCUT2D eigenvalue weighted by atomic mass is 10.1. The third kappa shape index (κ3) is 4.05. The summed E-state index contributed by atoms with van der Waals surface area (Å²) in [6.07, 6.45) is 9.40. The molecular formula is C12H24N2+2. The summed E-state index contributed by atoms with van der Waals surface area (Å²) in [4.78, 5) is 0. The molecule has 0 saturated carbocycles. The molecule has 0 aromatic carbocycles. The topological polar surface area (TPSA) is 3.01 Å². The lowest BCUT2D eigenvalue weighted by Gasteiger charge is -2.23. The van der Waals surface area contributed by atoms with Crippen LogP contribution in [0.3, 0.4) is 0 Å². The van der Waals surface area contributed by atoms with Gasteiger partial charge in [-0.25, -0.2) is 0 Å². The number of hydrogen-bond donors (Lipinski definition) is 0. The van der Waals surface area contributed by atoms with Gasteiger partial charge in [-0.15, -0.1) is 0 Å². The lowest BCUT2D eigenvalue weighted by Crippen LogP contribution is -2.39. The van der Waals surface area contributed by atoms with E-state index in [1.807, 2.05) is 0 Å². The van der Waals surface area contributed by atoms with Crippen LogP contribution in [0, 0.1) is 5.92 Å². The zero-order valence-electron chi connectivity index (χ0n) is 10.0. The summed E-state index contributed by atoms with van der Waals surface area (Å²) in [5, 5.41) is 0. The third-order valence-electron chi connectivity index (χ3n) is 2.65. The average molecular weight is 196 g/mol. The number of nitrogens with zero attached hydrogens (tertiary/aromatic N) is 2. The van der Waals surface area contributed by atoms with Crippen LogP contribution in [0.5, 0.6) is 0 Å². The minimum absolute atomic E-state index is 0.830. The summed E-state index contributed by atoms with van der Waals surface area (Å²) in [6.45, 7) is 6.86. The molecule has 0 spiro atoms. The van der Waals surface area contributed by atoms with E-state index < -0.39 is 0 Å². The van der Waals surface area contributed by atoms with Crippen LogP contribution < -0.4 is 0 Å². The van der Waals surface area contributed by atoms with E-state index in [1.54, 1.807) is 0 Å². The van der Waals surface area contributed by atoms with E-state index in [2.05, 4.69) is 51.1 Å². The van der Waals surface area contributed by atoms with Crippen LogP contribution in [-0.4, -0.2) is 42.5 Å². The smallest absolute Gasteiger partial charge is 0.222 e. The molecule has 0 aromatic heterocycles. The normalized spacial score (nSPS) is 19.9. The van der Waals surface area contributed by atoms with Gasteiger partial charge in [0.25, 0.3) is 0 Å². The Labute approximate surface area is 88.1 Å². The van der Waals surface area contributed by atoms with Crippen molar-refractivity contribution < 1.29 is 9.06 Å². The molecule has 0 N–H and O–H groups in total. The van der Waals surface area contributed by atoms with Crippen LogP contribution in [0.25, 0.3) is 0 Å². The van der Waals surface area contributed by atoms with E-state index in [9.17, 15) is 0 Å². The molecule has 14 heavy (non-hydrogen) atoms. The van der Waals surface area contributed by atoms with Gasteiger partial charge in [0.05, 0.1) is 14.1 Å². The molecule has 0 unspecified atom stereocenters. The summed E-state index contributed by atoms with van der Waals surface area (Å²) >= 11 is 0. The van der Waals surface area contributed by atoms with Gasteiger partial charge in [-0.3, -0.25) is 4.48 Å². The first-order chi connectivity index (χ1) is 6.49. The Kier molecular flexibility index (Phi) is 3.87. The molecule has 0 bridgehead atoms. The van der Waals surface area contributed by atoms with E-state index in [0.717, 1.165) is 16.9 Å². The van der Waals surface area contributed by atoms with Gasteiger partial charge in [0.1, 0.15) is 6.54 Å². The Morgan fingerprint density at radius 2 is 2.07 bits per heavy atom. The van der Waals surface area contributed by atoms with E-state index in [0.29, 0.717) is 0 Å². The second-order valence-corrected chi connectivity index (χ2v) is 5.22. The van der Waals surface area contributed by atoms with Crippen molar-refractivity contribution in [1.82, 2.24) is 0 Å². The lowest BCUT2D eigenvalue weighted by molar-refractivity contribution is -0.836. The maximum atomic E-state index is 2.33. The highest BCUT2D eigenvalue weighted by atomic mass is 15.3. The fraction of sp³-hybridized carbons (Fsp3) is 0.750. The van der Waals surface area contributed by atoms with Gasteiger partial charge in [0.15, 0.2) is 12.7 Å². The molecule has 0 saturated heterocycles. The van der Waals surface area contributed by atoms with Crippen molar-refractivity contribution in [3.63, 3.8) is 0 Å². The molecule has 2 heteroatoms. The molecule has 0 radical (unpaired) electrons. The summed E-state index contributed by atoms with van der Waals surface area (Å²) in [5.41, 5.74) is 0. The quantitative estimate of drug-likeness (QED) is 0.478. The van der Waals surface area contributed by atoms with Crippen LogP contribution in [0.4, 0.5) is 0 Å². The summed E-state index contributed by atoms with van der Waals surface area (Å²) in [6, 6.07) is 0. The fourth-order valence-electron chi connectivity index (χ4n) is 1.55. The van der Waals surface area contributed by atoms with Gasteiger partial charge in [-0.05, 0) is 12.3 Å². The monoisotopic (exact) mass is 196 g/mol. The molecule has 1 rings (SSSR count). The summed E-state index contributed by atoms with van der Waals surface area (Å²) in [7, 11) is 4.44. The average Bonchev–Trinajstić information content (AvgIpc) is 2.07. The maximum absolute atomic E-state index is 2.33. The molecule has 0 amide bonds. The van der Waals surface area contributed by atoms with Crippen molar-refractivity contribution in [3.8, 4) is 0 Å². The van der Waals surface area contributed by atoms with Crippen LogP contribution in [0.2, 0.25) is 0 Å². The van der Waals surface area contributed by atoms with Gasteiger partial charge < -0.3 is 0 Å². The van der Waals surface area contributed by atoms with Crippen molar-refractivity contribution in [2.45, 2.75) is 26.7 Å². The minimum Gasteiger partial charge on any atom is -0.289 e. The molecule has 0 aliphatic carbocycles. The highest BCUT2D eigenvalue weighted by Crippen LogP contribution is 2.06. The molecule has 80 valence electrons. The van der Waals surface area contributed by atoms with Crippen LogP contribution in [0.15, 0.2) is 12.4 Å². The molecular weight excluding hydrogens is 172 g/mol. The van der Waals surface area contributed by atoms with Gasteiger partial charge in [0.2, 0.25) is 12.4 Å². The van der Waals surface area contributed by atoms with Crippen LogP contribution in [0.1, 0.15) is 26.7 Å². The molecule has 0 atom stereocenters. The van der Waals surface area contributed by atoms with E-state index in [-0.39, 0.29) is 0 Å². The maximum Gasteiger partial charge on any atom is 0.222 e. The van der Waals surface area contributed by atoms with Gasteiger partial charge >= 0.3 is 0 Å². The highest BCUT2D eigenvalue weighted by Gasteiger charge is 2.18. The van der Waals surface area contributed by atoms with Crippen molar-refractivity contribution >= 4 is 6.21 Å². The van der Waals surface area contributed by atoms with Crippen LogP contribution >= 0.6 is 0 Å². The number of hydrogen-bond acceptors (Lipinski definition) is 0. The molecule has 0 aromatic rings. The largest absolute Gasteiger partial charge is 0.289 e. The molecule has 1 aliphatic rings. The Balaban J connectivity index is 2.28. The predicted octanol–water partition coefficient (Wildman–Crippen LogP) is 2.07. The first-order valence-corrected chi connectivity index (χ1v) is 5.61. The Morgan fingerprint density at radius 1 is 1.36 bits per heavy atom. The second-order valence-electron chi connectivity index (χ2n) is 5.22. The summed E-state index contributed by atoms with van der Waals surface area (Å²) < 4.78 is 3.30. The van der Waals surface area contributed by atoms with Crippen molar-refractivity contribution in [1.29, 1.82) is 0 Å². The minimum atomic E-state index is 0.830. The van der Waals surface area contributed by atoms with Crippen molar-refractivity contribution in [3.05, 3.63) is 12.4 Å². The van der Waals surface area contributed by atoms with Gasteiger partial charge in [-0.2, -0.15) is 4.58 Å².